The van der Waals surface area contributed by atoms with E-state index in [4.69, 9.17) is 4.52 Å². The predicted molar refractivity (Wildman–Crippen MR) is 118 cm³/mol. The number of carbonyl (C=O) groups is 1. The van der Waals surface area contributed by atoms with Crippen LogP contribution in [0.15, 0.2) is 58.2 Å². The first-order valence-corrected chi connectivity index (χ1v) is 11.0. The number of aromatic nitrogens is 3. The molecule has 0 saturated carbocycles. The van der Waals surface area contributed by atoms with E-state index in [-0.39, 0.29) is 5.91 Å². The third-order valence-corrected chi connectivity index (χ3v) is 6.29. The molecule has 9 nitrogen and oxygen atoms in total. The van der Waals surface area contributed by atoms with Gasteiger partial charge in [0.15, 0.2) is 11.9 Å². The highest BCUT2D eigenvalue weighted by Gasteiger charge is 2.48. The molecule has 0 radical (unpaired) electrons. The van der Waals surface area contributed by atoms with E-state index < -0.39 is 12.1 Å². The van der Waals surface area contributed by atoms with Gasteiger partial charge >= 0.3 is 0 Å². The third kappa shape index (κ3) is 3.25. The normalized spacial score (nSPS) is 24.1. The number of hydrogen-bond donors (Lipinski definition) is 1. The molecule has 9 heteroatoms. The van der Waals surface area contributed by atoms with Gasteiger partial charge in [0, 0.05) is 18.7 Å². The van der Waals surface area contributed by atoms with E-state index in [1.807, 2.05) is 47.4 Å². The number of amides is 1. The van der Waals surface area contributed by atoms with E-state index in [0.29, 0.717) is 24.3 Å². The van der Waals surface area contributed by atoms with Crippen molar-refractivity contribution in [1.82, 2.24) is 20.4 Å². The molecule has 3 aliphatic heterocycles. The second-order valence-corrected chi connectivity index (χ2v) is 8.34. The second kappa shape index (κ2) is 7.83. The first-order valence-electron chi connectivity index (χ1n) is 11.0. The van der Waals surface area contributed by atoms with Gasteiger partial charge in [-0.25, -0.2) is 0 Å². The topological polar surface area (TPSA) is 99.8 Å². The maximum absolute atomic E-state index is 13.7. The molecule has 162 valence electrons. The van der Waals surface area contributed by atoms with Crippen LogP contribution >= 0.6 is 0 Å². The number of aliphatic imine (C=N–C) groups is 1. The fraction of sp³-hybridized carbons (Fsp3) is 0.348. The summed E-state index contributed by atoms with van der Waals surface area (Å²) in [7, 11) is 0. The summed E-state index contributed by atoms with van der Waals surface area (Å²) in [5, 5.41) is 7.61. The van der Waals surface area contributed by atoms with E-state index in [0.717, 1.165) is 36.5 Å². The number of benzene rings is 1. The van der Waals surface area contributed by atoms with Gasteiger partial charge in [-0.2, -0.15) is 4.98 Å². The number of carbonyl (C=O) groups excluding carboxylic acids is 1. The molecule has 3 atom stereocenters. The Morgan fingerprint density at radius 3 is 2.81 bits per heavy atom. The summed E-state index contributed by atoms with van der Waals surface area (Å²) in [5.41, 5.74) is 2.59. The van der Waals surface area contributed by atoms with Crippen LogP contribution in [0.2, 0.25) is 0 Å². The van der Waals surface area contributed by atoms with Crippen LogP contribution in [0, 0.1) is 0 Å². The van der Waals surface area contributed by atoms with Gasteiger partial charge in [-0.05, 0) is 43.7 Å². The number of hydrogen-bond acceptors (Lipinski definition) is 8. The Balaban J connectivity index is 1.31. The highest BCUT2D eigenvalue weighted by Crippen LogP contribution is 2.42. The van der Waals surface area contributed by atoms with E-state index in [2.05, 4.69) is 25.4 Å². The number of anilines is 2. The van der Waals surface area contributed by atoms with Crippen LogP contribution in [0.1, 0.15) is 36.3 Å². The highest BCUT2D eigenvalue weighted by atomic mass is 16.5. The van der Waals surface area contributed by atoms with Crippen LogP contribution in [0.25, 0.3) is 0 Å². The Labute approximate surface area is 185 Å². The monoisotopic (exact) mass is 429 g/mol. The van der Waals surface area contributed by atoms with E-state index >= 15 is 0 Å². The lowest BCUT2D eigenvalue weighted by Gasteiger charge is -2.39. The first kappa shape index (κ1) is 19.1. The number of para-hydroxylation sites is 2. The Hall–Kier alpha value is -3.59. The Morgan fingerprint density at radius 1 is 1.12 bits per heavy atom. The molecule has 3 aromatic rings. The number of rotatable bonds is 5. The lowest BCUT2D eigenvalue weighted by Crippen LogP contribution is -2.52. The number of pyridine rings is 1. The van der Waals surface area contributed by atoms with Crippen LogP contribution < -0.4 is 15.1 Å². The van der Waals surface area contributed by atoms with Crippen LogP contribution in [-0.4, -0.2) is 46.0 Å². The Bertz CT molecular complexity index is 1160. The van der Waals surface area contributed by atoms with Crippen molar-refractivity contribution in [2.75, 3.05) is 16.3 Å². The summed E-state index contributed by atoms with van der Waals surface area (Å²) in [6, 6.07) is 12.8. The van der Waals surface area contributed by atoms with Gasteiger partial charge in [-0.15, -0.1) is 0 Å². The maximum Gasteiger partial charge on any atom is 0.254 e. The van der Waals surface area contributed by atoms with Crippen molar-refractivity contribution in [2.24, 2.45) is 4.99 Å². The standard InChI is InChI=1S/C23H23N7O2/c31-23-21-20(22-27-19(28-32-22)12-15-7-5-11-24-15)26-14-30(21)18-9-2-1-8-17(18)29(23)13-16-6-3-4-10-25-16/h1-4,6,8-10,14-15,20-21,24H,5,7,11-13H2. The molecule has 0 aliphatic carbocycles. The summed E-state index contributed by atoms with van der Waals surface area (Å²) in [5.74, 6) is 0.975. The summed E-state index contributed by atoms with van der Waals surface area (Å²) in [6.45, 7) is 1.41. The van der Waals surface area contributed by atoms with Crippen LogP contribution in [0.3, 0.4) is 0 Å². The van der Waals surface area contributed by atoms with E-state index in [9.17, 15) is 4.79 Å². The van der Waals surface area contributed by atoms with Crippen molar-refractivity contribution in [3.63, 3.8) is 0 Å². The van der Waals surface area contributed by atoms with Gasteiger partial charge in [0.25, 0.3) is 11.8 Å². The van der Waals surface area contributed by atoms with Gasteiger partial charge < -0.3 is 19.6 Å². The fourth-order valence-corrected chi connectivity index (χ4v) is 4.74. The third-order valence-electron chi connectivity index (χ3n) is 6.29. The average molecular weight is 429 g/mol. The molecule has 1 aromatic carbocycles. The quantitative estimate of drug-likeness (QED) is 0.664. The lowest BCUT2D eigenvalue weighted by molar-refractivity contribution is -0.120. The Kier molecular flexibility index (Phi) is 4.68. The predicted octanol–water partition coefficient (Wildman–Crippen LogP) is 2.26. The van der Waals surface area contributed by atoms with Crippen LogP contribution in [-0.2, 0) is 17.8 Å². The maximum atomic E-state index is 13.7. The lowest BCUT2D eigenvalue weighted by atomic mass is 10.0. The van der Waals surface area contributed by atoms with Crippen molar-refractivity contribution >= 4 is 23.6 Å². The molecule has 1 saturated heterocycles. The minimum atomic E-state index is -0.563. The summed E-state index contributed by atoms with van der Waals surface area (Å²) < 4.78 is 5.59. The zero-order chi connectivity index (χ0) is 21.5. The van der Waals surface area contributed by atoms with E-state index in [1.165, 1.54) is 6.42 Å². The molecule has 1 fully saturated rings. The highest BCUT2D eigenvalue weighted by molar-refractivity contribution is 6.11. The van der Waals surface area contributed by atoms with Gasteiger partial charge in [0.05, 0.1) is 30.0 Å². The first-order chi connectivity index (χ1) is 15.8. The molecular formula is C23H23N7O2. The molecule has 3 aliphatic rings. The van der Waals surface area contributed by atoms with Crippen LogP contribution in [0.5, 0.6) is 0 Å². The van der Waals surface area contributed by atoms with Crippen molar-refractivity contribution in [3.05, 3.63) is 66.1 Å². The molecule has 0 spiro atoms. The number of nitrogens with zero attached hydrogens (tertiary/aromatic N) is 6. The van der Waals surface area contributed by atoms with Gasteiger partial charge in [-0.1, -0.05) is 23.4 Å². The van der Waals surface area contributed by atoms with Crippen molar-refractivity contribution < 1.29 is 9.32 Å². The molecule has 1 amide bonds. The van der Waals surface area contributed by atoms with Gasteiger partial charge in [0.1, 0.15) is 6.04 Å². The van der Waals surface area contributed by atoms with Crippen molar-refractivity contribution in [1.29, 1.82) is 0 Å². The Morgan fingerprint density at radius 2 is 2.00 bits per heavy atom. The minimum Gasteiger partial charge on any atom is -0.337 e. The van der Waals surface area contributed by atoms with Crippen molar-refractivity contribution in [2.45, 2.75) is 43.9 Å². The second-order valence-electron chi connectivity index (χ2n) is 8.34. The summed E-state index contributed by atoms with van der Waals surface area (Å²) >= 11 is 0. The van der Waals surface area contributed by atoms with Crippen molar-refractivity contribution in [3.8, 4) is 0 Å². The van der Waals surface area contributed by atoms with Gasteiger partial charge in [0.2, 0.25) is 0 Å². The molecule has 2 aromatic heterocycles. The molecule has 1 N–H and O–H groups in total. The molecule has 5 heterocycles. The van der Waals surface area contributed by atoms with Crippen LogP contribution in [0.4, 0.5) is 11.4 Å². The van der Waals surface area contributed by atoms with E-state index in [1.54, 1.807) is 17.4 Å². The summed E-state index contributed by atoms with van der Waals surface area (Å²) in [6.07, 6.45) is 6.45. The zero-order valence-electron chi connectivity index (χ0n) is 17.5. The minimum absolute atomic E-state index is 0.0611. The zero-order valence-corrected chi connectivity index (χ0v) is 17.5. The number of fused-ring (bicyclic) bond motifs is 3. The summed E-state index contributed by atoms with van der Waals surface area (Å²) in [4.78, 5) is 31.0. The SMILES string of the molecule is O=C1C2C(c3nc(CC4CCCN4)no3)N=CN2c2ccccc2N1Cc1ccccn1. The molecule has 0 bridgehead atoms. The fourth-order valence-electron chi connectivity index (χ4n) is 4.74. The van der Waals surface area contributed by atoms with Gasteiger partial charge in [-0.3, -0.25) is 14.8 Å². The molecular weight excluding hydrogens is 406 g/mol. The average Bonchev–Trinajstić information content (AvgIpc) is 3.58. The largest absolute Gasteiger partial charge is 0.337 e. The molecule has 6 rings (SSSR count). The molecule has 32 heavy (non-hydrogen) atoms. The number of nitrogens with one attached hydrogen (secondary N) is 1. The smallest absolute Gasteiger partial charge is 0.254 e. The molecule has 3 unspecified atom stereocenters.